The fraction of sp³-hybridized carbons (Fsp3) is 0.333. The first-order valence-corrected chi connectivity index (χ1v) is 6.41. The monoisotopic (exact) mass is 232 g/mol. The highest BCUT2D eigenvalue weighted by Gasteiger charge is 2.02. The topological polar surface area (TPSA) is 57.5 Å². The lowest BCUT2D eigenvalue weighted by molar-refractivity contribution is 0.227. The summed E-state index contributed by atoms with van der Waals surface area (Å²) < 4.78 is 9.30. The molecule has 72 valence electrons. The van der Waals surface area contributed by atoms with Crippen LogP contribution in [-0.4, -0.2) is 16.1 Å². The number of rotatable bonds is 3. The van der Waals surface area contributed by atoms with Gasteiger partial charge in [0.05, 0.1) is 6.10 Å². The van der Waals surface area contributed by atoms with Crippen LogP contribution < -0.4 is 0 Å². The highest BCUT2D eigenvalue weighted by atomic mass is 35.9. The fourth-order valence-corrected chi connectivity index (χ4v) is 0.267. The molecule has 0 aliphatic rings. The van der Waals surface area contributed by atoms with Crippen molar-refractivity contribution in [1.29, 1.82) is 0 Å². The molecule has 0 aliphatic heterocycles. The summed E-state index contributed by atoms with van der Waals surface area (Å²) >= 11 is 8.81. The van der Waals surface area contributed by atoms with Crippen LogP contribution in [0.25, 0.3) is 0 Å². The van der Waals surface area contributed by atoms with Crippen molar-refractivity contribution in [2.24, 2.45) is 0 Å². The van der Waals surface area contributed by atoms with Crippen LogP contribution in [0, 0.1) is 0 Å². The Balaban J connectivity index is 0. The van der Waals surface area contributed by atoms with Gasteiger partial charge in [0.1, 0.15) is 0 Å². The predicted octanol–water partition coefficient (Wildman–Crippen LogP) is 2.67. The van der Waals surface area contributed by atoms with Crippen LogP contribution in [-0.2, 0) is 4.57 Å². The highest BCUT2D eigenvalue weighted by molar-refractivity contribution is 8.04. The maximum atomic E-state index is 9.30. The first-order valence-electron chi connectivity index (χ1n) is 2.95. The van der Waals surface area contributed by atoms with Gasteiger partial charge in [0.25, 0.3) is 0 Å². The molecule has 0 radical (unpaired) electrons. The molecular weight excluding hydrogens is 222 g/mol. The Kier molecular flexibility index (Phi) is 9.61. The van der Waals surface area contributed by atoms with Crippen LogP contribution in [0.4, 0.5) is 0 Å². The quantitative estimate of drug-likeness (QED) is 0.581. The van der Waals surface area contributed by atoms with Gasteiger partial charge in [-0.3, -0.25) is 4.57 Å². The van der Waals surface area contributed by atoms with Crippen molar-refractivity contribution in [1.82, 2.24) is 0 Å². The summed E-state index contributed by atoms with van der Waals surface area (Å²) in [5.41, 5.74) is 0. The van der Waals surface area contributed by atoms with Gasteiger partial charge in [0.15, 0.2) is 0 Å². The second-order valence-corrected chi connectivity index (χ2v) is 5.90. The van der Waals surface area contributed by atoms with Crippen molar-refractivity contribution in [3.63, 3.8) is 0 Å². The Morgan fingerprint density at radius 2 is 1.83 bits per heavy atom. The van der Waals surface area contributed by atoms with E-state index in [-0.39, 0.29) is 0 Å². The van der Waals surface area contributed by atoms with Crippen molar-refractivity contribution in [2.75, 3.05) is 0 Å². The van der Waals surface area contributed by atoms with E-state index in [2.05, 4.69) is 35.6 Å². The zero-order chi connectivity index (χ0) is 10.2. The van der Waals surface area contributed by atoms with Crippen molar-refractivity contribution in [3.8, 4) is 0 Å². The predicted molar refractivity (Wildman–Crippen MR) is 52.5 cm³/mol. The summed E-state index contributed by atoms with van der Waals surface area (Å²) in [5, 5.41) is 8.67. The molecule has 0 saturated heterocycles. The van der Waals surface area contributed by atoms with E-state index in [4.69, 9.17) is 10.00 Å². The number of hydrogen-bond acceptors (Lipinski definition) is 2. The van der Waals surface area contributed by atoms with Crippen LogP contribution in [0.3, 0.4) is 0 Å². The minimum Gasteiger partial charge on any atom is -0.389 e. The van der Waals surface area contributed by atoms with Gasteiger partial charge >= 0.3 is 6.07 Å². The van der Waals surface area contributed by atoms with Gasteiger partial charge in [0.2, 0.25) is 0 Å². The summed E-state index contributed by atoms with van der Waals surface area (Å²) in [6.07, 6.45) is -0.352. The van der Waals surface area contributed by atoms with Crippen molar-refractivity contribution in [2.45, 2.75) is 12.5 Å². The molecule has 0 heterocycles. The molecule has 0 spiro atoms. The zero-order valence-corrected chi connectivity index (χ0v) is 8.77. The molecule has 0 bridgehead atoms. The molecule has 1 unspecified atom stereocenters. The molecular formula is C6H11Cl2O3P. The van der Waals surface area contributed by atoms with Crippen LogP contribution in [0.1, 0.15) is 6.42 Å². The Bertz CT molecular complexity index is 169. The number of aliphatic hydroxyl groups is 1. The van der Waals surface area contributed by atoms with E-state index in [0.29, 0.717) is 6.42 Å². The van der Waals surface area contributed by atoms with Crippen LogP contribution in [0.5, 0.6) is 0 Å². The average Bonchev–Trinajstić information content (AvgIpc) is 1.85. The standard InChI is InChI=1S/C6H10O.Cl2HO2P/c1-3-5-6(7)4-2;1-5(2,3)4/h3-4,6-7H,1-2,5H2;(H,3,4). The lowest BCUT2D eigenvalue weighted by Gasteiger charge is -1.95. The largest absolute Gasteiger partial charge is 0.389 e. The maximum Gasteiger partial charge on any atom is 0.377 e. The van der Waals surface area contributed by atoms with Crippen molar-refractivity contribution < 1.29 is 14.6 Å². The molecule has 0 rings (SSSR count). The Morgan fingerprint density at radius 1 is 1.50 bits per heavy atom. The molecule has 12 heavy (non-hydrogen) atoms. The lowest BCUT2D eigenvalue weighted by atomic mass is 10.2. The Hall–Kier alpha value is 0.210. The second-order valence-electron chi connectivity index (χ2n) is 1.76. The first-order chi connectivity index (χ1) is 5.31. The molecule has 2 N–H and O–H groups in total. The molecule has 0 aromatic heterocycles. The second kappa shape index (κ2) is 7.84. The van der Waals surface area contributed by atoms with E-state index in [9.17, 15) is 4.57 Å². The normalized spacial score (nSPS) is 12.3. The third-order valence-corrected chi connectivity index (χ3v) is 0.680. The third-order valence-electron chi connectivity index (χ3n) is 0.680. The average molecular weight is 233 g/mol. The molecule has 3 nitrogen and oxygen atoms in total. The van der Waals surface area contributed by atoms with Crippen LogP contribution in [0.2, 0.25) is 0 Å². The summed E-state index contributed by atoms with van der Waals surface area (Å²) in [6, 6.07) is 0. The molecule has 0 saturated carbocycles. The summed E-state index contributed by atoms with van der Waals surface area (Å²) in [6.45, 7) is 6.82. The minimum atomic E-state index is -3.69. The molecule has 0 aromatic carbocycles. The maximum absolute atomic E-state index is 9.30. The van der Waals surface area contributed by atoms with E-state index in [1.54, 1.807) is 6.08 Å². The lowest BCUT2D eigenvalue weighted by Crippen LogP contribution is -1.96. The third kappa shape index (κ3) is 31.9. The fourth-order valence-electron chi connectivity index (χ4n) is 0.267. The molecule has 1 atom stereocenters. The van der Waals surface area contributed by atoms with Gasteiger partial charge < -0.3 is 10.00 Å². The number of hydrogen-bond donors (Lipinski definition) is 2. The number of halogens is 2. The van der Waals surface area contributed by atoms with Crippen molar-refractivity contribution in [3.05, 3.63) is 25.3 Å². The summed E-state index contributed by atoms with van der Waals surface area (Å²) in [4.78, 5) is 7.61. The van der Waals surface area contributed by atoms with Crippen molar-refractivity contribution >= 4 is 28.6 Å². The Morgan fingerprint density at radius 3 is 1.92 bits per heavy atom. The molecule has 6 heteroatoms. The minimum absolute atomic E-state index is 0.405. The number of aliphatic hydroxyl groups excluding tert-OH is 1. The first kappa shape index (κ1) is 14.7. The molecule has 0 amide bonds. The van der Waals surface area contributed by atoms with E-state index in [0.717, 1.165) is 0 Å². The van der Waals surface area contributed by atoms with E-state index >= 15 is 0 Å². The van der Waals surface area contributed by atoms with Crippen LogP contribution >= 0.6 is 28.6 Å². The summed E-state index contributed by atoms with van der Waals surface area (Å²) in [7, 11) is 0. The van der Waals surface area contributed by atoms with E-state index in [1.807, 2.05) is 0 Å². The smallest absolute Gasteiger partial charge is 0.377 e. The van der Waals surface area contributed by atoms with Gasteiger partial charge in [0, 0.05) is 0 Å². The van der Waals surface area contributed by atoms with E-state index in [1.165, 1.54) is 6.08 Å². The van der Waals surface area contributed by atoms with E-state index < -0.39 is 12.2 Å². The van der Waals surface area contributed by atoms with Gasteiger partial charge in [-0.15, -0.1) is 13.2 Å². The molecule has 0 fully saturated rings. The van der Waals surface area contributed by atoms with Gasteiger partial charge in [-0.05, 0) is 28.9 Å². The van der Waals surface area contributed by atoms with Gasteiger partial charge in [-0.25, -0.2) is 0 Å². The Labute approximate surface area is 81.3 Å². The van der Waals surface area contributed by atoms with Gasteiger partial charge in [-0.2, -0.15) is 0 Å². The van der Waals surface area contributed by atoms with Crippen LogP contribution in [0.15, 0.2) is 25.3 Å². The highest BCUT2D eigenvalue weighted by Crippen LogP contribution is 2.51. The molecule has 0 aliphatic carbocycles. The zero-order valence-electron chi connectivity index (χ0n) is 6.36. The van der Waals surface area contributed by atoms with Gasteiger partial charge in [-0.1, -0.05) is 12.2 Å². The SMILES string of the molecule is C=CCC(O)C=C.O=P(O)(Cl)Cl. The summed E-state index contributed by atoms with van der Waals surface area (Å²) in [5.74, 6) is 0. The molecule has 0 aromatic rings.